The first kappa shape index (κ1) is 13.4. The van der Waals surface area contributed by atoms with E-state index in [2.05, 4.69) is 21.2 Å². The topological polar surface area (TPSA) is 66.5 Å². The highest BCUT2D eigenvalue weighted by molar-refractivity contribution is 9.10. The molecule has 0 radical (unpaired) electrons. The summed E-state index contributed by atoms with van der Waals surface area (Å²) in [6, 6.07) is 3.68. The second kappa shape index (κ2) is 4.94. The molecule has 1 amide bonds. The van der Waals surface area contributed by atoms with Crippen LogP contribution in [-0.4, -0.2) is 38.3 Å². The minimum Gasteiger partial charge on any atom is -0.354 e. The van der Waals surface area contributed by atoms with Gasteiger partial charge in [0.1, 0.15) is 10.7 Å². The molecule has 0 bridgehead atoms. The zero-order valence-electron chi connectivity index (χ0n) is 9.19. The van der Waals surface area contributed by atoms with Crippen molar-refractivity contribution in [3.05, 3.63) is 28.5 Å². The Hall–Kier alpha value is -0.990. The summed E-state index contributed by atoms with van der Waals surface area (Å²) in [5, 5.41) is 2.51. The van der Waals surface area contributed by atoms with Crippen molar-refractivity contribution in [1.82, 2.24) is 9.62 Å². The van der Waals surface area contributed by atoms with Gasteiger partial charge in [0.05, 0.1) is 6.54 Å². The van der Waals surface area contributed by atoms with E-state index in [1.807, 2.05) is 0 Å². The van der Waals surface area contributed by atoms with Crippen molar-refractivity contribution >= 4 is 31.9 Å². The summed E-state index contributed by atoms with van der Waals surface area (Å²) >= 11 is 3.10. The molecule has 0 spiro atoms. The van der Waals surface area contributed by atoms with E-state index in [1.165, 1.54) is 12.1 Å². The minimum atomic E-state index is -3.98. The number of amides is 1. The molecule has 2 rings (SSSR count). The number of sulfonamides is 1. The number of hydrogen-bond acceptors (Lipinski definition) is 3. The van der Waals surface area contributed by atoms with Gasteiger partial charge < -0.3 is 5.32 Å². The summed E-state index contributed by atoms with van der Waals surface area (Å²) in [7, 11) is -3.98. The Morgan fingerprint density at radius 2 is 2.11 bits per heavy atom. The lowest BCUT2D eigenvalue weighted by Gasteiger charge is -2.26. The molecule has 1 heterocycles. The van der Waals surface area contributed by atoms with Gasteiger partial charge in [-0.25, -0.2) is 12.8 Å². The highest BCUT2D eigenvalue weighted by Crippen LogP contribution is 2.23. The second-order valence-corrected chi connectivity index (χ2v) is 6.59. The molecule has 8 heteroatoms. The summed E-state index contributed by atoms with van der Waals surface area (Å²) in [5.41, 5.74) is 0. The number of carbonyl (C=O) groups is 1. The van der Waals surface area contributed by atoms with E-state index in [1.54, 1.807) is 0 Å². The predicted octanol–water partition coefficient (Wildman–Crippen LogP) is 0.709. The van der Waals surface area contributed by atoms with Crippen molar-refractivity contribution in [3.8, 4) is 0 Å². The molecule has 1 aromatic rings. The van der Waals surface area contributed by atoms with Crippen LogP contribution in [0, 0.1) is 5.82 Å². The second-order valence-electron chi connectivity index (χ2n) is 3.76. The number of halogens is 2. The molecule has 1 saturated heterocycles. The van der Waals surface area contributed by atoms with Crippen LogP contribution in [0.5, 0.6) is 0 Å². The van der Waals surface area contributed by atoms with E-state index < -0.39 is 20.7 Å². The third-order valence-corrected chi connectivity index (χ3v) is 4.87. The summed E-state index contributed by atoms with van der Waals surface area (Å²) in [6.07, 6.45) is 0. The third-order valence-electron chi connectivity index (χ3n) is 2.51. The highest BCUT2D eigenvalue weighted by Gasteiger charge is 2.31. The van der Waals surface area contributed by atoms with Crippen LogP contribution in [0.25, 0.3) is 0 Å². The van der Waals surface area contributed by atoms with Crippen molar-refractivity contribution in [2.75, 3.05) is 19.6 Å². The van der Waals surface area contributed by atoms with Crippen LogP contribution in [0.1, 0.15) is 0 Å². The van der Waals surface area contributed by atoms with Crippen LogP contribution in [0.2, 0.25) is 0 Å². The van der Waals surface area contributed by atoms with Crippen LogP contribution >= 0.6 is 15.9 Å². The summed E-state index contributed by atoms with van der Waals surface area (Å²) in [4.78, 5) is 10.8. The predicted molar refractivity (Wildman–Crippen MR) is 65.9 cm³/mol. The Labute approximate surface area is 112 Å². The van der Waals surface area contributed by atoms with Gasteiger partial charge in [-0.05, 0) is 18.2 Å². The largest absolute Gasteiger partial charge is 0.354 e. The van der Waals surface area contributed by atoms with Crippen molar-refractivity contribution in [2.24, 2.45) is 0 Å². The summed E-state index contributed by atoms with van der Waals surface area (Å²) in [5.74, 6) is -1.22. The lowest BCUT2D eigenvalue weighted by molar-refractivity contribution is -0.122. The first-order chi connectivity index (χ1) is 8.41. The molecule has 0 aromatic heterocycles. The van der Waals surface area contributed by atoms with E-state index >= 15 is 0 Å². The Morgan fingerprint density at radius 3 is 2.78 bits per heavy atom. The highest BCUT2D eigenvalue weighted by atomic mass is 79.9. The van der Waals surface area contributed by atoms with Gasteiger partial charge in [-0.2, -0.15) is 4.31 Å². The molecule has 1 aliphatic heterocycles. The van der Waals surface area contributed by atoms with Crippen molar-refractivity contribution in [1.29, 1.82) is 0 Å². The fraction of sp³-hybridized carbons (Fsp3) is 0.300. The first-order valence-electron chi connectivity index (χ1n) is 5.13. The normalized spacial score (nSPS) is 17.6. The lowest BCUT2D eigenvalue weighted by atomic mass is 10.3. The molecule has 0 atom stereocenters. The number of rotatable bonds is 2. The standard InChI is InChI=1S/C10H10BrFN2O3S/c11-7-1-2-8(12)9(5-7)18(16,17)14-4-3-13-10(15)6-14/h1-2,5H,3-4,6H2,(H,13,15). The van der Waals surface area contributed by atoms with Crippen LogP contribution in [0.3, 0.4) is 0 Å². The Morgan fingerprint density at radius 1 is 1.39 bits per heavy atom. The van der Waals surface area contributed by atoms with E-state index in [-0.39, 0.29) is 25.5 Å². The molecule has 98 valence electrons. The maximum absolute atomic E-state index is 13.6. The quantitative estimate of drug-likeness (QED) is 0.864. The maximum atomic E-state index is 13.6. The van der Waals surface area contributed by atoms with Crippen molar-refractivity contribution < 1.29 is 17.6 Å². The smallest absolute Gasteiger partial charge is 0.246 e. The van der Waals surface area contributed by atoms with Gasteiger partial charge in [-0.1, -0.05) is 15.9 Å². The average Bonchev–Trinajstić information content (AvgIpc) is 2.32. The molecule has 1 N–H and O–H groups in total. The summed E-state index contributed by atoms with van der Waals surface area (Å²) < 4.78 is 39.4. The van der Waals surface area contributed by atoms with Crippen LogP contribution < -0.4 is 5.32 Å². The van der Waals surface area contributed by atoms with Gasteiger partial charge in [-0.15, -0.1) is 0 Å². The Bertz CT molecular complexity index is 591. The Balaban J connectivity index is 2.41. The van der Waals surface area contributed by atoms with Crippen molar-refractivity contribution in [2.45, 2.75) is 4.90 Å². The fourth-order valence-electron chi connectivity index (χ4n) is 1.63. The molecule has 0 aliphatic carbocycles. The van der Waals surface area contributed by atoms with E-state index in [9.17, 15) is 17.6 Å². The van der Waals surface area contributed by atoms with Gasteiger partial charge >= 0.3 is 0 Å². The lowest BCUT2D eigenvalue weighted by Crippen LogP contribution is -2.49. The molecule has 0 unspecified atom stereocenters. The zero-order chi connectivity index (χ0) is 13.3. The Kier molecular flexibility index (Phi) is 3.69. The minimum absolute atomic E-state index is 0.139. The van der Waals surface area contributed by atoms with E-state index in [0.717, 1.165) is 10.4 Å². The van der Waals surface area contributed by atoms with Gasteiger partial charge in [0.25, 0.3) is 0 Å². The molecule has 18 heavy (non-hydrogen) atoms. The number of benzene rings is 1. The van der Waals surface area contributed by atoms with Gasteiger partial charge in [0, 0.05) is 17.6 Å². The van der Waals surface area contributed by atoms with Crippen LogP contribution in [0.15, 0.2) is 27.6 Å². The molecule has 0 saturated carbocycles. The van der Waals surface area contributed by atoms with Gasteiger partial charge in [-0.3, -0.25) is 4.79 Å². The first-order valence-corrected chi connectivity index (χ1v) is 7.36. The van der Waals surface area contributed by atoms with Gasteiger partial charge in [0.15, 0.2) is 0 Å². The summed E-state index contributed by atoms with van der Waals surface area (Å²) in [6.45, 7) is 0.0853. The molecule has 5 nitrogen and oxygen atoms in total. The number of hydrogen-bond donors (Lipinski definition) is 1. The SMILES string of the molecule is O=C1CN(S(=O)(=O)c2cc(Br)ccc2F)CCN1. The number of nitrogens with one attached hydrogen (secondary N) is 1. The van der Waals surface area contributed by atoms with Crippen LogP contribution in [0.4, 0.5) is 4.39 Å². The van der Waals surface area contributed by atoms with E-state index in [4.69, 9.17) is 0 Å². The third kappa shape index (κ3) is 2.55. The average molecular weight is 337 g/mol. The van der Waals surface area contributed by atoms with Crippen molar-refractivity contribution in [3.63, 3.8) is 0 Å². The molecule has 1 aromatic carbocycles. The number of nitrogens with zero attached hydrogens (tertiary/aromatic N) is 1. The van der Waals surface area contributed by atoms with Gasteiger partial charge in [0.2, 0.25) is 15.9 Å². The molecular weight excluding hydrogens is 327 g/mol. The van der Waals surface area contributed by atoms with Crippen LogP contribution in [-0.2, 0) is 14.8 Å². The fourth-order valence-corrected chi connectivity index (χ4v) is 3.63. The molecular formula is C10H10BrFN2O3S. The molecule has 1 fully saturated rings. The van der Waals surface area contributed by atoms with E-state index in [0.29, 0.717) is 4.47 Å². The number of carbonyl (C=O) groups excluding carboxylic acids is 1. The maximum Gasteiger partial charge on any atom is 0.246 e. The zero-order valence-corrected chi connectivity index (χ0v) is 11.6. The number of piperazine rings is 1. The monoisotopic (exact) mass is 336 g/mol. The molecule has 1 aliphatic rings.